The van der Waals surface area contributed by atoms with Gasteiger partial charge in [-0.25, -0.2) is 19.2 Å². The van der Waals surface area contributed by atoms with Gasteiger partial charge in [0.05, 0.1) is 48.6 Å². The SMILES string of the molecule is CC(C)(C)OC(=O)N1CCN2C[C@@H](c3ccc4c(c3Br)COC4=O)OC[C@@H]2C1.CC(C)(C)OC(=O)N1CCN2C[C@H](c3ccc4c(c3Br)COC4=O)OC[C@@H]2C1. The number of rotatable bonds is 2. The van der Waals surface area contributed by atoms with Crippen LogP contribution in [0.5, 0.6) is 0 Å². The van der Waals surface area contributed by atoms with Gasteiger partial charge in [-0.05, 0) is 96.7 Å². The van der Waals surface area contributed by atoms with Crippen molar-refractivity contribution in [1.29, 1.82) is 0 Å². The molecule has 0 aliphatic carbocycles. The molecule has 14 nitrogen and oxygen atoms in total. The maximum Gasteiger partial charge on any atom is 0.410 e. The van der Waals surface area contributed by atoms with E-state index in [0.717, 1.165) is 57.4 Å². The van der Waals surface area contributed by atoms with Crippen molar-refractivity contribution in [3.05, 3.63) is 66.6 Å². The van der Waals surface area contributed by atoms with Gasteiger partial charge in [-0.2, -0.15) is 0 Å². The molecule has 304 valence electrons. The summed E-state index contributed by atoms with van der Waals surface area (Å²) in [7, 11) is 0. The number of amides is 2. The fourth-order valence-electron chi connectivity index (χ4n) is 7.80. The maximum atomic E-state index is 12.4. The number of hydrogen-bond acceptors (Lipinski definition) is 12. The Morgan fingerprint density at radius 3 is 1.39 bits per heavy atom. The normalized spacial score (nSPS) is 25.1. The molecule has 0 aromatic heterocycles. The third kappa shape index (κ3) is 8.90. The minimum Gasteiger partial charge on any atom is -0.457 e. The number of halogens is 2. The van der Waals surface area contributed by atoms with Crippen LogP contribution in [0, 0.1) is 0 Å². The molecule has 0 radical (unpaired) electrons. The zero-order valence-corrected chi connectivity index (χ0v) is 35.9. The number of carbonyl (C=O) groups excluding carboxylic acids is 4. The largest absolute Gasteiger partial charge is 0.457 e. The van der Waals surface area contributed by atoms with Crippen LogP contribution >= 0.6 is 31.9 Å². The summed E-state index contributed by atoms with van der Waals surface area (Å²) in [6.07, 6.45) is -0.694. The van der Waals surface area contributed by atoms with Gasteiger partial charge in [-0.1, -0.05) is 12.1 Å². The molecule has 6 aliphatic rings. The molecule has 6 aliphatic heterocycles. The van der Waals surface area contributed by atoms with Gasteiger partial charge in [-0.15, -0.1) is 0 Å². The predicted octanol–water partition coefficient (Wildman–Crippen LogP) is 6.22. The number of benzene rings is 2. The molecule has 4 atom stereocenters. The summed E-state index contributed by atoms with van der Waals surface area (Å²) in [5.41, 5.74) is 4.10. The van der Waals surface area contributed by atoms with E-state index < -0.39 is 11.2 Å². The first-order valence-electron chi connectivity index (χ1n) is 19.1. The van der Waals surface area contributed by atoms with Crippen molar-refractivity contribution in [1.82, 2.24) is 19.6 Å². The van der Waals surface area contributed by atoms with Gasteiger partial charge in [0, 0.05) is 72.4 Å². The van der Waals surface area contributed by atoms with Crippen molar-refractivity contribution >= 4 is 56.0 Å². The van der Waals surface area contributed by atoms with E-state index in [9.17, 15) is 19.2 Å². The number of piperazine rings is 2. The molecular weight excluding hydrogens is 856 g/mol. The molecule has 16 heteroatoms. The van der Waals surface area contributed by atoms with Crippen LogP contribution in [0.4, 0.5) is 9.59 Å². The van der Waals surface area contributed by atoms with Gasteiger partial charge in [0.15, 0.2) is 0 Å². The van der Waals surface area contributed by atoms with Crippen molar-refractivity contribution in [2.75, 3.05) is 65.6 Å². The average Bonchev–Trinajstić information content (AvgIpc) is 3.72. The number of nitrogens with zero attached hydrogens (tertiary/aromatic N) is 4. The van der Waals surface area contributed by atoms with Crippen LogP contribution < -0.4 is 0 Å². The molecule has 4 saturated heterocycles. The lowest BCUT2D eigenvalue weighted by Crippen LogP contribution is -2.60. The van der Waals surface area contributed by atoms with Crippen LogP contribution in [-0.4, -0.2) is 133 Å². The molecule has 0 unspecified atom stereocenters. The second kappa shape index (κ2) is 16.2. The fourth-order valence-corrected chi connectivity index (χ4v) is 9.23. The lowest BCUT2D eigenvalue weighted by Gasteiger charge is -2.46. The minimum absolute atomic E-state index is 0.0836. The monoisotopic (exact) mass is 904 g/mol. The molecule has 2 aromatic rings. The number of carbonyl (C=O) groups is 4. The Labute approximate surface area is 344 Å². The van der Waals surface area contributed by atoms with Crippen molar-refractivity contribution in [3.8, 4) is 0 Å². The predicted molar refractivity (Wildman–Crippen MR) is 210 cm³/mol. The topological polar surface area (TPSA) is 137 Å². The van der Waals surface area contributed by atoms with Gasteiger partial charge in [0.25, 0.3) is 0 Å². The highest BCUT2D eigenvalue weighted by Gasteiger charge is 2.40. The third-order valence-electron chi connectivity index (χ3n) is 10.7. The van der Waals surface area contributed by atoms with E-state index in [1.54, 1.807) is 9.80 Å². The highest BCUT2D eigenvalue weighted by molar-refractivity contribution is 9.11. The molecule has 56 heavy (non-hydrogen) atoms. The Hall–Kier alpha value is -3.28. The number of esters is 2. The number of ether oxygens (including phenoxy) is 6. The average molecular weight is 907 g/mol. The standard InChI is InChI=1S/2C20H25BrN2O5/c2*1-20(2,3)28-19(25)23-7-6-22-9-16(26-10-12(22)8-23)14-5-4-13-15(17(14)21)11-27-18(13)24/h2*4-5,12,16H,6-11H2,1-3H3/t12-,16+;12-,16-/m00/s1. The van der Waals surface area contributed by atoms with Crippen molar-refractivity contribution in [2.24, 2.45) is 0 Å². The number of morpholine rings is 2. The number of fused-ring (bicyclic) bond motifs is 4. The summed E-state index contributed by atoms with van der Waals surface area (Å²) in [5.74, 6) is -0.546. The molecule has 0 spiro atoms. The van der Waals surface area contributed by atoms with Gasteiger partial charge < -0.3 is 38.2 Å². The van der Waals surface area contributed by atoms with Crippen LogP contribution in [0.1, 0.15) is 96.7 Å². The summed E-state index contributed by atoms with van der Waals surface area (Å²) in [6, 6.07) is 7.85. The van der Waals surface area contributed by atoms with Crippen LogP contribution in [0.2, 0.25) is 0 Å². The lowest BCUT2D eigenvalue weighted by atomic mass is 9.99. The van der Waals surface area contributed by atoms with Crippen LogP contribution in [-0.2, 0) is 41.6 Å². The third-order valence-corrected chi connectivity index (χ3v) is 12.5. The second-order valence-electron chi connectivity index (χ2n) is 16.9. The summed E-state index contributed by atoms with van der Waals surface area (Å²) in [5, 5.41) is 0. The Morgan fingerprint density at radius 1 is 0.625 bits per heavy atom. The van der Waals surface area contributed by atoms with E-state index in [1.165, 1.54) is 0 Å². The number of hydrogen-bond donors (Lipinski definition) is 0. The second-order valence-corrected chi connectivity index (χ2v) is 18.5. The Balaban J connectivity index is 0.000000172. The summed E-state index contributed by atoms with van der Waals surface area (Å²) in [6.45, 7) is 18.5. The first-order chi connectivity index (χ1) is 26.5. The maximum absolute atomic E-state index is 12.4. The zero-order chi connectivity index (χ0) is 40.1. The Morgan fingerprint density at radius 2 is 1.02 bits per heavy atom. The molecular formula is C40H50Br2N4O10. The van der Waals surface area contributed by atoms with Crippen LogP contribution in [0.15, 0.2) is 33.2 Å². The van der Waals surface area contributed by atoms with E-state index in [1.807, 2.05) is 65.8 Å². The van der Waals surface area contributed by atoms with Crippen LogP contribution in [0.3, 0.4) is 0 Å². The van der Waals surface area contributed by atoms with Gasteiger partial charge in [-0.3, -0.25) is 9.80 Å². The first kappa shape index (κ1) is 40.9. The highest BCUT2D eigenvalue weighted by Crippen LogP contribution is 2.39. The summed E-state index contributed by atoms with van der Waals surface area (Å²) < 4.78 is 35.4. The fraction of sp³-hybridized carbons (Fsp3) is 0.600. The molecule has 0 saturated carbocycles. The smallest absolute Gasteiger partial charge is 0.410 e. The number of cyclic esters (lactones) is 2. The molecule has 2 aromatic carbocycles. The minimum atomic E-state index is -0.493. The molecule has 6 heterocycles. The summed E-state index contributed by atoms with van der Waals surface area (Å²) in [4.78, 5) is 56.5. The lowest BCUT2D eigenvalue weighted by molar-refractivity contribution is -0.0910. The Bertz CT molecular complexity index is 1750. The summed E-state index contributed by atoms with van der Waals surface area (Å²) >= 11 is 7.28. The Kier molecular flexibility index (Phi) is 11.8. The first-order valence-corrected chi connectivity index (χ1v) is 20.7. The van der Waals surface area contributed by atoms with Crippen molar-refractivity contribution in [3.63, 3.8) is 0 Å². The molecule has 2 amide bonds. The quantitative estimate of drug-likeness (QED) is 0.250. The van der Waals surface area contributed by atoms with E-state index in [4.69, 9.17) is 28.4 Å². The van der Waals surface area contributed by atoms with Gasteiger partial charge >= 0.3 is 24.1 Å². The van der Waals surface area contributed by atoms with Crippen LogP contribution in [0.25, 0.3) is 0 Å². The van der Waals surface area contributed by atoms with Crippen molar-refractivity contribution < 1.29 is 47.6 Å². The van der Waals surface area contributed by atoms with Gasteiger partial charge in [0.2, 0.25) is 0 Å². The van der Waals surface area contributed by atoms with E-state index >= 15 is 0 Å². The van der Waals surface area contributed by atoms with E-state index in [0.29, 0.717) is 63.7 Å². The molecule has 4 fully saturated rings. The molecule has 8 rings (SSSR count). The van der Waals surface area contributed by atoms with Gasteiger partial charge in [0.1, 0.15) is 24.4 Å². The highest BCUT2D eigenvalue weighted by atomic mass is 79.9. The zero-order valence-electron chi connectivity index (χ0n) is 32.7. The van der Waals surface area contributed by atoms with Crippen molar-refractivity contribution in [2.45, 2.75) is 90.2 Å². The van der Waals surface area contributed by atoms with E-state index in [2.05, 4.69) is 41.7 Å². The molecule has 0 bridgehead atoms. The van der Waals surface area contributed by atoms with E-state index in [-0.39, 0.29) is 48.4 Å². The molecule has 0 N–H and O–H groups in total.